The number of thiophene rings is 1. The molecule has 0 radical (unpaired) electrons. The van der Waals surface area contributed by atoms with Gasteiger partial charge < -0.3 is 4.90 Å². The van der Waals surface area contributed by atoms with Crippen LogP contribution in [0.25, 0.3) is 0 Å². The zero-order valence-electron chi connectivity index (χ0n) is 13.9. The van der Waals surface area contributed by atoms with Crippen LogP contribution in [0.3, 0.4) is 0 Å². The van der Waals surface area contributed by atoms with Crippen LogP contribution in [0.15, 0.2) is 40.6 Å². The number of fused-ring (bicyclic) bond motifs is 1. The molecule has 1 amide bonds. The van der Waals surface area contributed by atoms with Crippen molar-refractivity contribution in [1.29, 1.82) is 0 Å². The zero-order chi connectivity index (χ0) is 17.6. The van der Waals surface area contributed by atoms with Gasteiger partial charge >= 0.3 is 0 Å². The quantitative estimate of drug-likeness (QED) is 0.892. The van der Waals surface area contributed by atoms with Gasteiger partial charge in [0.2, 0.25) is 10.0 Å². The number of carbonyl (C=O) groups excluding carboxylic acids is 1. The highest BCUT2D eigenvalue weighted by molar-refractivity contribution is 7.89. The fraction of sp³-hybridized carbons (Fsp3) is 0.389. The molecule has 1 fully saturated rings. The van der Waals surface area contributed by atoms with E-state index in [1.165, 1.54) is 22.6 Å². The lowest BCUT2D eigenvalue weighted by Crippen LogP contribution is -2.38. The number of amides is 1. The second-order valence-corrected chi connectivity index (χ2v) is 9.36. The molecule has 2 aromatic rings. The van der Waals surface area contributed by atoms with E-state index in [1.807, 2.05) is 11.8 Å². The predicted molar refractivity (Wildman–Crippen MR) is 97.3 cm³/mol. The number of benzene rings is 1. The standard InChI is InChI=1S/C18H20N2O3S2/c1-12-16-9-11-24-17(16)8-10-20(12)18(21)13-2-6-15(7-3-13)25(22,23)19-14-4-5-14/h2-3,6-7,9,11-12,14,19H,4-5,8,10H2,1H3/t12-/m0/s1. The van der Waals surface area contributed by atoms with Crippen LogP contribution in [-0.4, -0.2) is 31.8 Å². The van der Waals surface area contributed by atoms with Gasteiger partial charge in [-0.25, -0.2) is 13.1 Å². The van der Waals surface area contributed by atoms with Gasteiger partial charge in [-0.2, -0.15) is 0 Å². The van der Waals surface area contributed by atoms with Crippen molar-refractivity contribution in [3.8, 4) is 0 Å². The van der Waals surface area contributed by atoms with Gasteiger partial charge in [-0.3, -0.25) is 4.79 Å². The van der Waals surface area contributed by atoms with Gasteiger partial charge in [0.25, 0.3) is 5.91 Å². The van der Waals surface area contributed by atoms with Crippen LogP contribution in [0.5, 0.6) is 0 Å². The smallest absolute Gasteiger partial charge is 0.254 e. The molecule has 1 aromatic heterocycles. The predicted octanol–water partition coefficient (Wildman–Crippen LogP) is 2.95. The first-order valence-electron chi connectivity index (χ1n) is 8.45. The third-order valence-corrected chi connectivity index (χ3v) is 7.38. The summed E-state index contributed by atoms with van der Waals surface area (Å²) in [6.07, 6.45) is 2.67. The number of carbonyl (C=O) groups is 1. The van der Waals surface area contributed by atoms with Crippen LogP contribution in [0.2, 0.25) is 0 Å². The summed E-state index contributed by atoms with van der Waals surface area (Å²) in [7, 11) is -3.48. The minimum atomic E-state index is -3.48. The molecule has 1 aliphatic heterocycles. The van der Waals surface area contributed by atoms with E-state index >= 15 is 0 Å². The Balaban J connectivity index is 1.53. The molecule has 25 heavy (non-hydrogen) atoms. The maximum absolute atomic E-state index is 12.9. The zero-order valence-corrected chi connectivity index (χ0v) is 15.6. The van der Waals surface area contributed by atoms with E-state index in [0.29, 0.717) is 12.1 Å². The maximum atomic E-state index is 12.9. The van der Waals surface area contributed by atoms with E-state index in [0.717, 1.165) is 19.3 Å². The van der Waals surface area contributed by atoms with Gasteiger partial charge in [0.15, 0.2) is 0 Å². The van der Waals surface area contributed by atoms with Gasteiger partial charge in [0, 0.05) is 23.0 Å². The monoisotopic (exact) mass is 376 g/mol. The van der Waals surface area contributed by atoms with Crippen molar-refractivity contribution < 1.29 is 13.2 Å². The van der Waals surface area contributed by atoms with Gasteiger partial charge in [0.1, 0.15) is 0 Å². The number of hydrogen-bond donors (Lipinski definition) is 1. The van der Waals surface area contributed by atoms with Crippen LogP contribution in [0.1, 0.15) is 46.6 Å². The van der Waals surface area contributed by atoms with Crippen molar-refractivity contribution in [1.82, 2.24) is 9.62 Å². The lowest BCUT2D eigenvalue weighted by atomic mass is 10.0. The highest BCUT2D eigenvalue weighted by Gasteiger charge is 2.30. The van der Waals surface area contributed by atoms with Crippen LogP contribution in [0.4, 0.5) is 0 Å². The molecule has 0 spiro atoms. The molecule has 132 valence electrons. The van der Waals surface area contributed by atoms with Crippen LogP contribution in [-0.2, 0) is 16.4 Å². The first-order valence-corrected chi connectivity index (χ1v) is 10.8. The first kappa shape index (κ1) is 16.8. The van der Waals surface area contributed by atoms with E-state index in [1.54, 1.807) is 23.5 Å². The first-order chi connectivity index (χ1) is 12.0. The third-order valence-electron chi connectivity index (χ3n) is 4.85. The van der Waals surface area contributed by atoms with Crippen molar-refractivity contribution in [2.75, 3.05) is 6.54 Å². The second kappa shape index (κ2) is 6.23. The fourth-order valence-corrected chi connectivity index (χ4v) is 5.49. The molecule has 4 rings (SSSR count). The van der Waals surface area contributed by atoms with Crippen molar-refractivity contribution in [3.63, 3.8) is 0 Å². The van der Waals surface area contributed by atoms with E-state index in [4.69, 9.17) is 0 Å². The average molecular weight is 377 g/mol. The molecule has 1 aromatic carbocycles. The molecule has 5 nitrogen and oxygen atoms in total. The molecule has 0 bridgehead atoms. The Hall–Kier alpha value is -1.70. The van der Waals surface area contributed by atoms with Crippen LogP contribution >= 0.6 is 11.3 Å². The molecular formula is C18H20N2O3S2. The van der Waals surface area contributed by atoms with Gasteiger partial charge in [-0.15, -0.1) is 11.3 Å². The third kappa shape index (κ3) is 3.23. The summed E-state index contributed by atoms with van der Waals surface area (Å²) in [6.45, 7) is 2.73. The Morgan fingerprint density at radius 2 is 1.92 bits per heavy atom. The second-order valence-electron chi connectivity index (χ2n) is 6.64. The molecule has 2 aliphatic rings. The number of rotatable bonds is 4. The average Bonchev–Trinajstić information content (AvgIpc) is 3.26. The largest absolute Gasteiger partial charge is 0.331 e. The van der Waals surface area contributed by atoms with Crippen molar-refractivity contribution >= 4 is 27.3 Å². The summed E-state index contributed by atoms with van der Waals surface area (Å²) in [5.74, 6) is -0.0524. The molecule has 2 heterocycles. The minimum absolute atomic E-state index is 0.0439. The Morgan fingerprint density at radius 3 is 2.60 bits per heavy atom. The lowest BCUT2D eigenvalue weighted by Gasteiger charge is -2.33. The van der Waals surface area contributed by atoms with Crippen molar-refractivity contribution in [3.05, 3.63) is 51.7 Å². The van der Waals surface area contributed by atoms with Crippen molar-refractivity contribution in [2.45, 2.75) is 43.2 Å². The maximum Gasteiger partial charge on any atom is 0.254 e. The van der Waals surface area contributed by atoms with E-state index in [2.05, 4.69) is 16.2 Å². The van der Waals surface area contributed by atoms with Gasteiger partial charge in [-0.05, 0) is 67.5 Å². The highest BCUT2D eigenvalue weighted by Crippen LogP contribution is 2.33. The van der Waals surface area contributed by atoms with Gasteiger partial charge in [-0.1, -0.05) is 0 Å². The Labute approximate surface area is 151 Å². The Bertz CT molecular complexity index is 899. The number of sulfonamides is 1. The Kier molecular flexibility index (Phi) is 4.17. The van der Waals surface area contributed by atoms with E-state index in [-0.39, 0.29) is 22.9 Å². The summed E-state index contributed by atoms with van der Waals surface area (Å²) in [6, 6.07) is 8.45. The number of nitrogens with zero attached hydrogens (tertiary/aromatic N) is 1. The molecule has 1 aliphatic carbocycles. The Morgan fingerprint density at radius 1 is 1.20 bits per heavy atom. The lowest BCUT2D eigenvalue weighted by molar-refractivity contribution is 0.0679. The molecule has 0 saturated heterocycles. The van der Waals surface area contributed by atoms with Crippen LogP contribution < -0.4 is 4.72 Å². The van der Waals surface area contributed by atoms with E-state index in [9.17, 15) is 13.2 Å². The highest BCUT2D eigenvalue weighted by atomic mass is 32.2. The summed E-state index contributed by atoms with van der Waals surface area (Å²) >= 11 is 1.74. The molecule has 1 N–H and O–H groups in total. The summed E-state index contributed by atoms with van der Waals surface area (Å²) in [5, 5.41) is 2.07. The summed E-state index contributed by atoms with van der Waals surface area (Å²) in [5.41, 5.74) is 1.74. The molecule has 7 heteroatoms. The van der Waals surface area contributed by atoms with Crippen molar-refractivity contribution in [2.24, 2.45) is 0 Å². The summed E-state index contributed by atoms with van der Waals surface area (Å²) < 4.78 is 27.1. The topological polar surface area (TPSA) is 66.5 Å². The van der Waals surface area contributed by atoms with Crippen LogP contribution in [0, 0.1) is 0 Å². The van der Waals surface area contributed by atoms with Gasteiger partial charge in [0.05, 0.1) is 10.9 Å². The normalized spacial score (nSPS) is 20.4. The number of hydrogen-bond acceptors (Lipinski definition) is 4. The summed E-state index contributed by atoms with van der Waals surface area (Å²) in [4.78, 5) is 16.3. The molecule has 1 saturated carbocycles. The number of nitrogens with one attached hydrogen (secondary N) is 1. The minimum Gasteiger partial charge on any atom is -0.331 e. The fourth-order valence-electron chi connectivity index (χ4n) is 3.22. The molecular weight excluding hydrogens is 356 g/mol. The molecule has 0 unspecified atom stereocenters. The molecule has 1 atom stereocenters. The van der Waals surface area contributed by atoms with E-state index < -0.39 is 10.0 Å². The SMILES string of the molecule is C[C@H]1c2ccsc2CCN1C(=O)c1ccc(S(=O)(=O)NC2CC2)cc1.